The van der Waals surface area contributed by atoms with E-state index in [4.69, 9.17) is 4.74 Å². The number of nitrogens with zero attached hydrogens (tertiary/aromatic N) is 1. The van der Waals surface area contributed by atoms with Crippen molar-refractivity contribution in [3.05, 3.63) is 42.6 Å². The quantitative estimate of drug-likeness (QED) is 0.461. The highest BCUT2D eigenvalue weighted by Gasteiger charge is 2.08. The number of carbonyl (C=O) groups is 1. The van der Waals surface area contributed by atoms with Gasteiger partial charge in [0.1, 0.15) is 5.75 Å². The summed E-state index contributed by atoms with van der Waals surface area (Å²) in [6, 6.07) is 5.77. The fraction of sp³-hybridized carbons (Fsp3) is 0.389. The fourth-order valence-electron chi connectivity index (χ4n) is 2.45. The Morgan fingerprint density at radius 2 is 2.27 bits per heavy atom. The number of aromatic nitrogens is 1. The van der Waals surface area contributed by atoms with Crippen molar-refractivity contribution in [1.82, 2.24) is 9.88 Å². The van der Waals surface area contributed by atoms with E-state index in [9.17, 15) is 4.79 Å². The second-order valence-electron chi connectivity index (χ2n) is 5.55. The van der Waals surface area contributed by atoms with E-state index in [0.29, 0.717) is 12.2 Å². The Labute approximate surface area is 131 Å². The zero-order valence-corrected chi connectivity index (χ0v) is 13.4. The van der Waals surface area contributed by atoms with Gasteiger partial charge >= 0.3 is 5.97 Å². The minimum Gasteiger partial charge on any atom is -0.426 e. The highest BCUT2D eigenvalue weighted by Crippen LogP contribution is 2.24. The molecule has 1 aromatic carbocycles. The first-order chi connectivity index (χ1) is 10.6. The van der Waals surface area contributed by atoms with E-state index in [1.807, 2.05) is 37.4 Å². The molecule has 1 N–H and O–H groups in total. The molecule has 1 aromatic heterocycles. The minimum absolute atomic E-state index is 0.181. The van der Waals surface area contributed by atoms with Crippen LogP contribution in [-0.4, -0.2) is 36.0 Å². The molecule has 2 aromatic rings. The summed E-state index contributed by atoms with van der Waals surface area (Å²) in [5, 5.41) is 1.18. The Kier molecular flexibility index (Phi) is 5.78. The van der Waals surface area contributed by atoms with E-state index in [-0.39, 0.29) is 5.97 Å². The molecule has 0 aliphatic carbocycles. The molecule has 0 saturated carbocycles. The number of likely N-dealkylation sites (N-methyl/N-ethyl adjacent to an activating group) is 1. The number of nitrogens with one attached hydrogen (secondary N) is 1. The predicted molar refractivity (Wildman–Crippen MR) is 90.2 cm³/mol. The number of fused-ring (bicyclic) bond motifs is 1. The first kappa shape index (κ1) is 16.3. The number of ether oxygens (including phenoxy) is 1. The van der Waals surface area contributed by atoms with E-state index in [1.165, 1.54) is 10.9 Å². The maximum Gasteiger partial charge on any atom is 0.311 e. The van der Waals surface area contributed by atoms with E-state index in [0.717, 1.165) is 31.4 Å². The first-order valence-electron chi connectivity index (χ1n) is 7.74. The smallest absolute Gasteiger partial charge is 0.311 e. The van der Waals surface area contributed by atoms with Gasteiger partial charge in [-0.3, -0.25) is 4.79 Å². The second-order valence-corrected chi connectivity index (χ2v) is 5.55. The summed E-state index contributed by atoms with van der Waals surface area (Å²) < 4.78 is 5.32. The van der Waals surface area contributed by atoms with Gasteiger partial charge in [0.05, 0.1) is 0 Å². The van der Waals surface area contributed by atoms with Crippen molar-refractivity contribution >= 4 is 16.9 Å². The number of aromatic amines is 1. The van der Waals surface area contributed by atoms with Crippen LogP contribution in [-0.2, 0) is 11.2 Å². The van der Waals surface area contributed by atoms with Crippen LogP contribution in [0.1, 0.15) is 25.3 Å². The lowest BCUT2D eigenvalue weighted by Gasteiger charge is -2.13. The molecule has 0 spiro atoms. The summed E-state index contributed by atoms with van der Waals surface area (Å²) in [6.07, 6.45) is 6.16. The van der Waals surface area contributed by atoms with Crippen LogP contribution in [0, 0.1) is 0 Å². The summed E-state index contributed by atoms with van der Waals surface area (Å²) in [6.45, 7) is 7.58. The molecule has 0 bridgehead atoms. The number of rotatable bonds is 8. The lowest BCUT2D eigenvalue weighted by Crippen LogP contribution is -2.20. The minimum atomic E-state index is -0.181. The number of carbonyl (C=O) groups excluding carboxylic acids is 1. The predicted octanol–water partition coefficient (Wildman–Crippen LogP) is 3.53. The van der Waals surface area contributed by atoms with Gasteiger partial charge in [0.25, 0.3) is 0 Å². The molecule has 4 nitrogen and oxygen atoms in total. The highest BCUT2D eigenvalue weighted by atomic mass is 16.5. The molecule has 0 atom stereocenters. The Morgan fingerprint density at radius 3 is 3.00 bits per heavy atom. The number of hydrogen-bond donors (Lipinski definition) is 1. The van der Waals surface area contributed by atoms with Gasteiger partial charge in [-0.15, -0.1) is 6.58 Å². The molecule has 2 rings (SSSR count). The van der Waals surface area contributed by atoms with Crippen LogP contribution in [0.5, 0.6) is 5.75 Å². The lowest BCUT2D eigenvalue weighted by molar-refractivity contribution is -0.134. The monoisotopic (exact) mass is 300 g/mol. The third kappa shape index (κ3) is 4.21. The van der Waals surface area contributed by atoms with E-state index < -0.39 is 0 Å². The number of benzene rings is 1. The van der Waals surface area contributed by atoms with E-state index >= 15 is 0 Å². The standard InChI is InChI=1S/C18H24N2O2/c1-4-6-18(21)22-15-7-8-16-14(13-19-17(16)12-15)9-11-20(3)10-5-2/h5,7-8,12-13,19H,2,4,6,9-11H2,1,3H3. The Balaban J connectivity index is 2.06. The highest BCUT2D eigenvalue weighted by molar-refractivity contribution is 5.85. The normalized spacial score (nSPS) is 11.0. The zero-order chi connectivity index (χ0) is 15.9. The Morgan fingerprint density at radius 1 is 1.45 bits per heavy atom. The number of H-pyrrole nitrogens is 1. The van der Waals surface area contributed by atoms with Gasteiger partial charge in [0.2, 0.25) is 0 Å². The van der Waals surface area contributed by atoms with Gasteiger partial charge in [-0.2, -0.15) is 0 Å². The van der Waals surface area contributed by atoms with Crippen LogP contribution in [0.25, 0.3) is 10.9 Å². The molecule has 0 fully saturated rings. The summed E-state index contributed by atoms with van der Waals surface area (Å²) in [5.41, 5.74) is 2.28. The van der Waals surface area contributed by atoms with Crippen LogP contribution >= 0.6 is 0 Å². The lowest BCUT2D eigenvalue weighted by atomic mass is 10.1. The molecular formula is C18H24N2O2. The molecule has 0 aliphatic rings. The maximum absolute atomic E-state index is 11.5. The van der Waals surface area contributed by atoms with Gasteiger partial charge in [-0.1, -0.05) is 13.0 Å². The number of hydrogen-bond acceptors (Lipinski definition) is 3. The Bertz CT molecular complexity index is 646. The fourth-order valence-corrected chi connectivity index (χ4v) is 2.45. The van der Waals surface area contributed by atoms with Crippen molar-refractivity contribution in [2.24, 2.45) is 0 Å². The summed E-state index contributed by atoms with van der Waals surface area (Å²) in [5.74, 6) is 0.419. The maximum atomic E-state index is 11.5. The van der Waals surface area contributed by atoms with Crippen molar-refractivity contribution < 1.29 is 9.53 Å². The molecular weight excluding hydrogens is 276 g/mol. The van der Waals surface area contributed by atoms with Crippen molar-refractivity contribution in [1.29, 1.82) is 0 Å². The molecule has 0 unspecified atom stereocenters. The van der Waals surface area contributed by atoms with Crippen LogP contribution < -0.4 is 4.74 Å². The molecule has 118 valence electrons. The van der Waals surface area contributed by atoms with Gasteiger partial charge in [-0.25, -0.2) is 0 Å². The van der Waals surface area contributed by atoms with Crippen LogP contribution in [0.15, 0.2) is 37.1 Å². The summed E-state index contributed by atoms with van der Waals surface area (Å²) >= 11 is 0. The van der Waals surface area contributed by atoms with Crippen LogP contribution in [0.2, 0.25) is 0 Å². The van der Waals surface area contributed by atoms with Gasteiger partial charge in [0, 0.05) is 42.7 Å². The second kappa shape index (κ2) is 7.80. The van der Waals surface area contributed by atoms with Gasteiger partial charge < -0.3 is 14.6 Å². The Hall–Kier alpha value is -2.07. The molecule has 4 heteroatoms. The SMILES string of the molecule is C=CCN(C)CCc1c[nH]c2cc(OC(=O)CCC)ccc12. The molecule has 0 aliphatic heterocycles. The number of esters is 1. The van der Waals surface area contributed by atoms with Crippen LogP contribution in [0.4, 0.5) is 0 Å². The first-order valence-corrected chi connectivity index (χ1v) is 7.74. The largest absolute Gasteiger partial charge is 0.426 e. The van der Waals surface area contributed by atoms with Crippen molar-refractivity contribution in [2.45, 2.75) is 26.2 Å². The van der Waals surface area contributed by atoms with Crippen molar-refractivity contribution in [2.75, 3.05) is 20.1 Å². The average Bonchev–Trinajstić information content (AvgIpc) is 2.88. The molecule has 0 saturated heterocycles. The molecule has 0 amide bonds. The van der Waals surface area contributed by atoms with Gasteiger partial charge in [-0.05, 0) is 37.6 Å². The van der Waals surface area contributed by atoms with Gasteiger partial charge in [0.15, 0.2) is 0 Å². The summed E-state index contributed by atoms with van der Waals surface area (Å²) in [7, 11) is 2.09. The van der Waals surface area contributed by atoms with E-state index in [2.05, 4.69) is 23.5 Å². The van der Waals surface area contributed by atoms with Crippen molar-refractivity contribution in [3.8, 4) is 5.75 Å². The van der Waals surface area contributed by atoms with Crippen molar-refractivity contribution in [3.63, 3.8) is 0 Å². The average molecular weight is 300 g/mol. The third-order valence-corrected chi connectivity index (χ3v) is 3.63. The topological polar surface area (TPSA) is 45.3 Å². The third-order valence-electron chi connectivity index (χ3n) is 3.63. The summed E-state index contributed by atoms with van der Waals surface area (Å²) in [4.78, 5) is 17.0. The van der Waals surface area contributed by atoms with E-state index in [1.54, 1.807) is 0 Å². The van der Waals surface area contributed by atoms with Crippen LogP contribution in [0.3, 0.4) is 0 Å². The zero-order valence-electron chi connectivity index (χ0n) is 13.4. The molecule has 0 radical (unpaired) electrons. The molecule has 22 heavy (non-hydrogen) atoms. The molecule has 1 heterocycles.